The molecule has 0 aromatic carbocycles. The van der Waals surface area contributed by atoms with Crippen LogP contribution in [0.4, 0.5) is 0 Å². The standard InChI is InChI=1S/C19H40O2P/c1-6-7-8-9-10-11-12-13-14-15-16-17-18-21-22(5,20)19(2,3)4/h5-18H2,1-4H3/q-1. The lowest BCUT2D eigenvalue weighted by Gasteiger charge is -2.33. The fourth-order valence-corrected chi connectivity index (χ4v) is 3.16. The van der Waals surface area contributed by atoms with E-state index in [0.717, 1.165) is 6.42 Å². The van der Waals surface area contributed by atoms with Gasteiger partial charge < -0.3 is 9.09 Å². The van der Waals surface area contributed by atoms with Gasteiger partial charge >= 0.3 is 0 Å². The van der Waals surface area contributed by atoms with E-state index in [-0.39, 0.29) is 5.16 Å². The Labute approximate surface area is 140 Å². The van der Waals surface area contributed by atoms with Crippen molar-refractivity contribution in [2.45, 2.75) is 110 Å². The van der Waals surface area contributed by atoms with Crippen LogP contribution in [0.25, 0.3) is 0 Å². The van der Waals surface area contributed by atoms with Crippen LogP contribution in [-0.2, 0) is 9.09 Å². The zero-order valence-corrected chi connectivity index (χ0v) is 16.6. The summed E-state index contributed by atoms with van der Waals surface area (Å²) in [5, 5.41) is -0.343. The predicted molar refractivity (Wildman–Crippen MR) is 99.7 cm³/mol. The molecule has 134 valence electrons. The van der Waals surface area contributed by atoms with Gasteiger partial charge in [0.1, 0.15) is 0 Å². The molecule has 0 radical (unpaired) electrons. The van der Waals surface area contributed by atoms with Gasteiger partial charge in [0.05, 0.1) is 14.0 Å². The summed E-state index contributed by atoms with van der Waals surface area (Å²) in [6, 6.07) is 0. The average Bonchev–Trinajstić information content (AvgIpc) is 2.42. The van der Waals surface area contributed by atoms with Crippen LogP contribution in [0.3, 0.4) is 0 Å². The van der Waals surface area contributed by atoms with Crippen molar-refractivity contribution in [3.8, 4) is 0 Å². The highest BCUT2D eigenvalue weighted by molar-refractivity contribution is 7.61. The monoisotopic (exact) mass is 331 g/mol. The number of unbranched alkanes of at least 4 members (excludes halogenated alkanes) is 11. The van der Waals surface area contributed by atoms with Crippen molar-refractivity contribution >= 4 is 7.37 Å². The zero-order chi connectivity index (χ0) is 16.9. The second-order valence-corrected chi connectivity index (χ2v) is 10.5. The fourth-order valence-electron chi connectivity index (χ4n) is 2.35. The molecular weight excluding hydrogens is 291 g/mol. The van der Waals surface area contributed by atoms with Crippen LogP contribution in [0.5, 0.6) is 0 Å². The van der Waals surface area contributed by atoms with Crippen LogP contribution >= 0.6 is 7.37 Å². The maximum Gasteiger partial charge on any atom is 0.0704 e. The molecule has 1 atom stereocenters. The molecule has 0 aromatic rings. The van der Waals surface area contributed by atoms with Crippen molar-refractivity contribution in [3.63, 3.8) is 0 Å². The Morgan fingerprint density at radius 3 is 1.50 bits per heavy atom. The third-order valence-corrected chi connectivity index (χ3v) is 6.96. The van der Waals surface area contributed by atoms with E-state index in [1.165, 1.54) is 70.6 Å². The van der Waals surface area contributed by atoms with Crippen molar-refractivity contribution in [1.29, 1.82) is 0 Å². The third-order valence-electron chi connectivity index (χ3n) is 4.32. The molecule has 22 heavy (non-hydrogen) atoms. The van der Waals surface area contributed by atoms with E-state index in [1.807, 2.05) is 20.8 Å². The highest BCUT2D eigenvalue weighted by atomic mass is 31.2. The molecule has 0 rings (SSSR count). The van der Waals surface area contributed by atoms with E-state index >= 15 is 0 Å². The van der Waals surface area contributed by atoms with Crippen LogP contribution in [0.1, 0.15) is 105 Å². The second-order valence-electron chi connectivity index (χ2n) is 7.57. The van der Waals surface area contributed by atoms with Crippen LogP contribution in [-0.4, -0.2) is 11.8 Å². The molecule has 0 bridgehead atoms. The van der Waals surface area contributed by atoms with E-state index in [0.29, 0.717) is 6.61 Å². The summed E-state index contributed by atoms with van der Waals surface area (Å²) in [5.74, 6) is 0. The first-order chi connectivity index (χ1) is 10.3. The minimum Gasteiger partial charge on any atom is -0.352 e. The van der Waals surface area contributed by atoms with E-state index in [1.54, 1.807) is 0 Å². The van der Waals surface area contributed by atoms with Crippen molar-refractivity contribution in [1.82, 2.24) is 0 Å². The van der Waals surface area contributed by atoms with E-state index in [2.05, 4.69) is 13.6 Å². The minimum absolute atomic E-state index is 0.343. The molecule has 0 N–H and O–H groups in total. The lowest BCUT2D eigenvalue weighted by Crippen LogP contribution is -2.15. The normalized spacial score (nSPS) is 15.0. The quantitative estimate of drug-likeness (QED) is 0.186. The summed E-state index contributed by atoms with van der Waals surface area (Å²) in [5.41, 5.74) is 0. The fraction of sp³-hybridized carbons (Fsp3) is 0.947. The Morgan fingerprint density at radius 2 is 1.14 bits per heavy atom. The molecular formula is C19H40O2P-. The van der Waals surface area contributed by atoms with Crippen LogP contribution in [0.15, 0.2) is 0 Å². The first-order valence-corrected chi connectivity index (χ1v) is 11.2. The van der Waals surface area contributed by atoms with Gasteiger partial charge in [0.15, 0.2) is 0 Å². The highest BCUT2D eigenvalue weighted by Crippen LogP contribution is 2.57. The maximum atomic E-state index is 12.2. The summed E-state index contributed by atoms with van der Waals surface area (Å²) in [7, 11) is -2.71. The molecule has 0 aromatic heterocycles. The summed E-state index contributed by atoms with van der Waals surface area (Å²) in [6.45, 7) is 12.4. The Morgan fingerprint density at radius 1 is 0.773 bits per heavy atom. The Bertz CT molecular complexity index is 294. The van der Waals surface area contributed by atoms with Crippen molar-refractivity contribution in [2.75, 3.05) is 6.61 Å². The Balaban J connectivity index is 3.29. The molecule has 0 saturated heterocycles. The average molecular weight is 332 g/mol. The van der Waals surface area contributed by atoms with E-state index < -0.39 is 7.37 Å². The summed E-state index contributed by atoms with van der Waals surface area (Å²) in [4.78, 5) is 0. The number of hydrogen-bond acceptors (Lipinski definition) is 2. The van der Waals surface area contributed by atoms with Crippen LogP contribution in [0, 0.1) is 6.66 Å². The first kappa shape index (κ1) is 22.2. The molecule has 2 nitrogen and oxygen atoms in total. The van der Waals surface area contributed by atoms with Gasteiger partial charge in [-0.2, -0.15) is 0 Å². The molecule has 0 aliphatic carbocycles. The summed E-state index contributed by atoms with van der Waals surface area (Å²) in [6.07, 6.45) is 15.9. The topological polar surface area (TPSA) is 26.3 Å². The van der Waals surface area contributed by atoms with Crippen molar-refractivity contribution in [3.05, 3.63) is 6.66 Å². The SMILES string of the molecule is [CH2-]P(=O)(OCCCCCCCCCCCCCC)C(C)(C)C. The Kier molecular flexibility index (Phi) is 12.7. The first-order valence-electron chi connectivity index (χ1n) is 9.40. The Hall–Kier alpha value is 0.190. The maximum absolute atomic E-state index is 12.2. The molecule has 0 amide bonds. The molecule has 0 aliphatic rings. The molecule has 1 unspecified atom stereocenters. The van der Waals surface area contributed by atoms with Gasteiger partial charge in [0, 0.05) is 5.16 Å². The number of hydrogen-bond donors (Lipinski definition) is 0. The zero-order valence-electron chi connectivity index (χ0n) is 15.7. The third kappa shape index (κ3) is 11.7. The van der Waals surface area contributed by atoms with E-state index in [4.69, 9.17) is 4.52 Å². The summed E-state index contributed by atoms with van der Waals surface area (Å²) < 4.78 is 17.7. The van der Waals surface area contributed by atoms with Gasteiger partial charge in [-0.3, -0.25) is 6.66 Å². The van der Waals surface area contributed by atoms with Gasteiger partial charge in [0.2, 0.25) is 0 Å². The molecule has 3 heteroatoms. The smallest absolute Gasteiger partial charge is 0.0704 e. The van der Waals surface area contributed by atoms with Gasteiger partial charge in [-0.05, 0) is 6.42 Å². The minimum atomic E-state index is -2.71. The van der Waals surface area contributed by atoms with Gasteiger partial charge in [-0.25, -0.2) is 0 Å². The summed E-state index contributed by atoms with van der Waals surface area (Å²) >= 11 is 0. The van der Waals surface area contributed by atoms with Gasteiger partial charge in [-0.15, -0.1) is 0 Å². The molecule has 0 saturated carbocycles. The van der Waals surface area contributed by atoms with Gasteiger partial charge in [-0.1, -0.05) is 98.3 Å². The lowest BCUT2D eigenvalue weighted by atomic mass is 10.1. The van der Waals surface area contributed by atoms with Gasteiger partial charge in [0.25, 0.3) is 0 Å². The molecule has 0 heterocycles. The molecule has 0 spiro atoms. The van der Waals surface area contributed by atoms with Crippen LogP contribution in [0.2, 0.25) is 0 Å². The molecule has 0 fully saturated rings. The van der Waals surface area contributed by atoms with Crippen LogP contribution < -0.4 is 0 Å². The predicted octanol–water partition coefficient (Wildman–Crippen LogP) is 7.57. The van der Waals surface area contributed by atoms with Crippen molar-refractivity contribution < 1.29 is 9.09 Å². The lowest BCUT2D eigenvalue weighted by molar-refractivity contribution is 0.294. The van der Waals surface area contributed by atoms with Crippen molar-refractivity contribution in [2.24, 2.45) is 0 Å². The largest absolute Gasteiger partial charge is 0.352 e. The van der Waals surface area contributed by atoms with E-state index in [9.17, 15) is 4.57 Å². The molecule has 0 aliphatic heterocycles. The number of rotatable bonds is 14. The highest BCUT2D eigenvalue weighted by Gasteiger charge is 2.25. The second kappa shape index (κ2) is 12.6.